The molecule has 1 aromatic rings. The van der Waals surface area contributed by atoms with Gasteiger partial charge in [-0.15, -0.1) is 0 Å². The average Bonchev–Trinajstić information content (AvgIpc) is 2.37. The molecule has 3 heteroatoms. The van der Waals surface area contributed by atoms with Crippen LogP contribution in [0.25, 0.3) is 0 Å². The Kier molecular flexibility index (Phi) is 5.35. The van der Waals surface area contributed by atoms with E-state index in [2.05, 4.69) is 13.8 Å². The number of para-hydroxylation sites is 1. The van der Waals surface area contributed by atoms with Crippen molar-refractivity contribution in [2.45, 2.75) is 45.6 Å². The summed E-state index contributed by atoms with van der Waals surface area (Å²) < 4.78 is 5.31. The molecule has 1 atom stereocenters. The van der Waals surface area contributed by atoms with Gasteiger partial charge in [0.15, 0.2) is 0 Å². The molecule has 0 aliphatic heterocycles. The zero-order chi connectivity index (χ0) is 13.6. The van der Waals surface area contributed by atoms with E-state index in [1.54, 1.807) is 19.1 Å². The van der Waals surface area contributed by atoms with Crippen molar-refractivity contribution < 1.29 is 9.53 Å². The Balaban J connectivity index is 2.64. The summed E-state index contributed by atoms with van der Waals surface area (Å²) in [6.07, 6.45) is 2.72. The third kappa shape index (κ3) is 4.15. The molecule has 0 aliphatic carbocycles. The lowest BCUT2D eigenvalue weighted by Gasteiger charge is -2.26. The maximum absolute atomic E-state index is 12.1. The quantitative estimate of drug-likeness (QED) is 0.622. The van der Waals surface area contributed by atoms with E-state index in [9.17, 15) is 4.79 Å². The number of nitrogens with two attached hydrogens (primary N) is 1. The Hall–Kier alpha value is -1.35. The van der Waals surface area contributed by atoms with Crippen LogP contribution in [0.3, 0.4) is 0 Å². The molecule has 1 rings (SSSR count). The molecule has 0 aliphatic rings. The van der Waals surface area contributed by atoms with Gasteiger partial charge in [0.25, 0.3) is 0 Å². The molecule has 100 valence electrons. The highest BCUT2D eigenvalue weighted by Gasteiger charge is 2.32. The normalized spacial score (nSPS) is 14.3. The largest absolute Gasteiger partial charge is 0.425 e. The molecular weight excluding hydrogens is 226 g/mol. The molecule has 0 heterocycles. The van der Waals surface area contributed by atoms with Crippen LogP contribution in [0, 0.1) is 5.92 Å². The molecule has 18 heavy (non-hydrogen) atoms. The van der Waals surface area contributed by atoms with Crippen LogP contribution < -0.4 is 10.5 Å². The van der Waals surface area contributed by atoms with Crippen molar-refractivity contribution >= 4 is 5.97 Å². The van der Waals surface area contributed by atoms with Gasteiger partial charge < -0.3 is 10.5 Å². The summed E-state index contributed by atoms with van der Waals surface area (Å²) in [6.45, 7) is 5.98. The number of esters is 1. The minimum Gasteiger partial charge on any atom is -0.425 e. The zero-order valence-corrected chi connectivity index (χ0v) is 11.5. The van der Waals surface area contributed by atoms with E-state index < -0.39 is 5.54 Å². The second kappa shape index (κ2) is 6.55. The van der Waals surface area contributed by atoms with Crippen LogP contribution in [0.2, 0.25) is 0 Å². The maximum atomic E-state index is 12.1. The van der Waals surface area contributed by atoms with E-state index >= 15 is 0 Å². The number of hydrogen-bond donors (Lipinski definition) is 1. The Labute approximate surface area is 109 Å². The minimum atomic E-state index is -0.924. The summed E-state index contributed by atoms with van der Waals surface area (Å²) in [5.41, 5.74) is 5.16. The summed E-state index contributed by atoms with van der Waals surface area (Å²) in [5.74, 6) is 0.646. The molecule has 1 aromatic carbocycles. The molecule has 0 fully saturated rings. The lowest BCUT2D eigenvalue weighted by molar-refractivity contribution is -0.140. The average molecular weight is 249 g/mol. The number of rotatable bonds is 6. The van der Waals surface area contributed by atoms with Gasteiger partial charge in [-0.05, 0) is 31.4 Å². The third-order valence-electron chi connectivity index (χ3n) is 3.29. The molecule has 0 amide bonds. The fraction of sp³-hybridized carbons (Fsp3) is 0.533. The highest BCUT2D eigenvalue weighted by atomic mass is 16.5. The molecular formula is C15H23NO2. The first-order chi connectivity index (χ1) is 8.49. The van der Waals surface area contributed by atoms with Crippen LogP contribution in [-0.4, -0.2) is 11.5 Å². The number of hydrogen-bond acceptors (Lipinski definition) is 3. The van der Waals surface area contributed by atoms with Crippen LogP contribution in [0.15, 0.2) is 30.3 Å². The molecule has 0 spiro atoms. The van der Waals surface area contributed by atoms with E-state index in [1.807, 2.05) is 18.2 Å². The van der Waals surface area contributed by atoms with E-state index in [0.29, 0.717) is 18.1 Å². The summed E-state index contributed by atoms with van der Waals surface area (Å²) in [5, 5.41) is 0. The van der Waals surface area contributed by atoms with Gasteiger partial charge in [-0.3, -0.25) is 0 Å². The topological polar surface area (TPSA) is 52.3 Å². The van der Waals surface area contributed by atoms with Gasteiger partial charge in [0, 0.05) is 0 Å². The number of benzene rings is 1. The van der Waals surface area contributed by atoms with Gasteiger partial charge in [-0.2, -0.15) is 0 Å². The smallest absolute Gasteiger partial charge is 0.331 e. The predicted molar refractivity (Wildman–Crippen MR) is 73.4 cm³/mol. The monoisotopic (exact) mass is 249 g/mol. The van der Waals surface area contributed by atoms with Crippen LogP contribution in [0.5, 0.6) is 5.75 Å². The molecule has 0 saturated carbocycles. The van der Waals surface area contributed by atoms with Gasteiger partial charge in [-0.1, -0.05) is 44.9 Å². The van der Waals surface area contributed by atoms with Crippen molar-refractivity contribution in [3.8, 4) is 5.75 Å². The summed E-state index contributed by atoms with van der Waals surface area (Å²) in [6, 6.07) is 9.05. The number of carbonyl (C=O) groups is 1. The second-order valence-corrected chi connectivity index (χ2v) is 5.01. The van der Waals surface area contributed by atoms with Crippen molar-refractivity contribution in [1.82, 2.24) is 0 Å². The Bertz CT molecular complexity index is 369. The Morgan fingerprint density at radius 1 is 1.28 bits per heavy atom. The van der Waals surface area contributed by atoms with Crippen molar-refractivity contribution in [3.05, 3.63) is 30.3 Å². The highest BCUT2D eigenvalue weighted by Crippen LogP contribution is 2.22. The number of ether oxygens (including phenoxy) is 1. The number of carbonyl (C=O) groups excluding carboxylic acids is 1. The fourth-order valence-corrected chi connectivity index (χ4v) is 1.97. The summed E-state index contributed by atoms with van der Waals surface area (Å²) in [4.78, 5) is 12.1. The van der Waals surface area contributed by atoms with Crippen LogP contribution in [0.1, 0.15) is 40.0 Å². The lowest BCUT2D eigenvalue weighted by Crippen LogP contribution is -2.48. The van der Waals surface area contributed by atoms with Crippen molar-refractivity contribution in [2.24, 2.45) is 11.7 Å². The SMILES string of the molecule is CCC(CC)C[C@](C)(N)C(=O)Oc1ccccc1. The van der Waals surface area contributed by atoms with Crippen LogP contribution in [0.4, 0.5) is 0 Å². The van der Waals surface area contributed by atoms with Gasteiger partial charge in [-0.25, -0.2) is 4.79 Å². The molecule has 0 saturated heterocycles. The van der Waals surface area contributed by atoms with E-state index in [4.69, 9.17) is 10.5 Å². The molecule has 0 aromatic heterocycles. The van der Waals surface area contributed by atoms with E-state index in [0.717, 1.165) is 12.8 Å². The van der Waals surface area contributed by atoms with Crippen LogP contribution >= 0.6 is 0 Å². The van der Waals surface area contributed by atoms with Crippen molar-refractivity contribution in [1.29, 1.82) is 0 Å². The third-order valence-corrected chi connectivity index (χ3v) is 3.29. The standard InChI is InChI=1S/C15H23NO2/c1-4-12(5-2)11-15(3,16)14(17)18-13-9-7-6-8-10-13/h6-10,12H,4-5,11,16H2,1-3H3/t15-/m0/s1. The maximum Gasteiger partial charge on any atom is 0.331 e. The molecule has 0 unspecified atom stereocenters. The van der Waals surface area contributed by atoms with Gasteiger partial charge in [0.2, 0.25) is 0 Å². The minimum absolute atomic E-state index is 0.361. The first kappa shape index (κ1) is 14.7. The van der Waals surface area contributed by atoms with E-state index in [1.165, 1.54) is 0 Å². The fourth-order valence-electron chi connectivity index (χ4n) is 1.97. The van der Waals surface area contributed by atoms with Gasteiger partial charge in [0.1, 0.15) is 11.3 Å². The predicted octanol–water partition coefficient (Wildman–Crippen LogP) is 3.14. The van der Waals surface area contributed by atoms with Gasteiger partial charge >= 0.3 is 5.97 Å². The highest BCUT2D eigenvalue weighted by molar-refractivity contribution is 5.82. The van der Waals surface area contributed by atoms with Crippen molar-refractivity contribution in [3.63, 3.8) is 0 Å². The molecule has 2 N–H and O–H groups in total. The molecule has 0 bridgehead atoms. The van der Waals surface area contributed by atoms with Gasteiger partial charge in [0.05, 0.1) is 0 Å². The zero-order valence-electron chi connectivity index (χ0n) is 11.5. The first-order valence-corrected chi connectivity index (χ1v) is 6.55. The first-order valence-electron chi connectivity index (χ1n) is 6.55. The van der Waals surface area contributed by atoms with E-state index in [-0.39, 0.29) is 5.97 Å². The van der Waals surface area contributed by atoms with Crippen LogP contribution in [-0.2, 0) is 4.79 Å². The molecule has 0 radical (unpaired) electrons. The van der Waals surface area contributed by atoms with Crippen molar-refractivity contribution in [2.75, 3.05) is 0 Å². The Morgan fingerprint density at radius 2 is 1.83 bits per heavy atom. The lowest BCUT2D eigenvalue weighted by atomic mass is 9.87. The summed E-state index contributed by atoms with van der Waals surface area (Å²) >= 11 is 0. The summed E-state index contributed by atoms with van der Waals surface area (Å²) in [7, 11) is 0. The molecule has 3 nitrogen and oxygen atoms in total. The Morgan fingerprint density at radius 3 is 2.33 bits per heavy atom. The second-order valence-electron chi connectivity index (χ2n) is 5.01.